The van der Waals surface area contributed by atoms with Crippen LogP contribution in [0.1, 0.15) is 13.3 Å². The SMILES string of the molecule is C[C@@]1(O)[C@H](O)C[C@@H]2OC[C@H]1O2. The van der Waals surface area contributed by atoms with E-state index >= 15 is 0 Å². The van der Waals surface area contributed by atoms with Gasteiger partial charge in [-0.2, -0.15) is 0 Å². The van der Waals surface area contributed by atoms with Crippen LogP contribution in [0.4, 0.5) is 0 Å². The van der Waals surface area contributed by atoms with Gasteiger partial charge in [-0.1, -0.05) is 0 Å². The van der Waals surface area contributed by atoms with Crippen LogP contribution in [0.5, 0.6) is 0 Å². The number of hydrogen-bond donors (Lipinski definition) is 2. The topological polar surface area (TPSA) is 58.9 Å². The van der Waals surface area contributed by atoms with Crippen molar-refractivity contribution in [2.75, 3.05) is 6.61 Å². The Bertz CT molecular complexity index is 168. The predicted octanol–water partition coefficient (Wildman–Crippen LogP) is -0.757. The van der Waals surface area contributed by atoms with E-state index in [-0.39, 0.29) is 12.4 Å². The van der Waals surface area contributed by atoms with Gasteiger partial charge in [-0.05, 0) is 6.92 Å². The molecule has 0 radical (unpaired) electrons. The van der Waals surface area contributed by atoms with E-state index in [1.807, 2.05) is 0 Å². The van der Waals surface area contributed by atoms with Gasteiger partial charge < -0.3 is 19.7 Å². The first kappa shape index (κ1) is 7.49. The van der Waals surface area contributed by atoms with Crippen LogP contribution in [0, 0.1) is 0 Å². The summed E-state index contributed by atoms with van der Waals surface area (Å²) < 4.78 is 10.4. The summed E-state index contributed by atoms with van der Waals surface area (Å²) in [6.45, 7) is 1.96. The average Bonchev–Trinajstić information content (AvgIpc) is 2.31. The predicted molar refractivity (Wildman–Crippen MR) is 35.9 cm³/mol. The van der Waals surface area contributed by atoms with Crippen molar-refractivity contribution >= 4 is 0 Å². The summed E-state index contributed by atoms with van der Waals surface area (Å²) >= 11 is 0. The van der Waals surface area contributed by atoms with Crippen molar-refractivity contribution in [1.29, 1.82) is 0 Å². The van der Waals surface area contributed by atoms with Gasteiger partial charge >= 0.3 is 0 Å². The third-order valence-electron chi connectivity index (χ3n) is 2.49. The van der Waals surface area contributed by atoms with Crippen LogP contribution in [-0.2, 0) is 9.47 Å². The number of rotatable bonds is 0. The molecule has 2 bridgehead atoms. The van der Waals surface area contributed by atoms with Crippen LogP contribution in [-0.4, -0.2) is 40.9 Å². The van der Waals surface area contributed by atoms with E-state index < -0.39 is 11.7 Å². The minimum Gasteiger partial charge on any atom is -0.390 e. The molecule has 64 valence electrons. The highest BCUT2D eigenvalue weighted by atomic mass is 16.7. The van der Waals surface area contributed by atoms with Crippen molar-refractivity contribution in [3.63, 3.8) is 0 Å². The molecule has 4 heteroatoms. The molecule has 2 aliphatic rings. The molecule has 0 saturated carbocycles. The molecule has 2 aliphatic heterocycles. The molecule has 2 N–H and O–H groups in total. The molecular weight excluding hydrogens is 148 g/mol. The highest BCUT2D eigenvalue weighted by Crippen LogP contribution is 2.34. The minimum absolute atomic E-state index is 0.310. The quantitative estimate of drug-likeness (QED) is 0.489. The van der Waals surface area contributed by atoms with Gasteiger partial charge in [0.2, 0.25) is 0 Å². The van der Waals surface area contributed by atoms with E-state index in [1.165, 1.54) is 0 Å². The summed E-state index contributed by atoms with van der Waals surface area (Å²) in [7, 11) is 0. The van der Waals surface area contributed by atoms with Crippen molar-refractivity contribution in [3.05, 3.63) is 0 Å². The van der Waals surface area contributed by atoms with Crippen LogP contribution in [0.25, 0.3) is 0 Å². The summed E-state index contributed by atoms with van der Waals surface area (Å²) in [5.41, 5.74) is -1.15. The van der Waals surface area contributed by atoms with Gasteiger partial charge in [-0.3, -0.25) is 0 Å². The second-order valence-corrected chi connectivity index (χ2v) is 3.36. The van der Waals surface area contributed by atoms with Gasteiger partial charge in [-0.25, -0.2) is 0 Å². The highest BCUT2D eigenvalue weighted by molar-refractivity contribution is 4.96. The maximum absolute atomic E-state index is 9.67. The molecule has 2 fully saturated rings. The number of aliphatic hydroxyl groups excluding tert-OH is 1. The van der Waals surface area contributed by atoms with Crippen molar-refractivity contribution in [2.45, 2.75) is 37.4 Å². The molecule has 0 aliphatic carbocycles. The van der Waals surface area contributed by atoms with E-state index in [0.717, 1.165) is 0 Å². The lowest BCUT2D eigenvalue weighted by molar-refractivity contribution is -0.209. The van der Waals surface area contributed by atoms with Crippen LogP contribution >= 0.6 is 0 Å². The van der Waals surface area contributed by atoms with Crippen molar-refractivity contribution in [2.24, 2.45) is 0 Å². The first-order valence-corrected chi connectivity index (χ1v) is 3.78. The van der Waals surface area contributed by atoms with Crippen molar-refractivity contribution < 1.29 is 19.7 Å². The largest absolute Gasteiger partial charge is 0.390 e. The molecule has 4 nitrogen and oxygen atoms in total. The Kier molecular flexibility index (Phi) is 1.47. The lowest BCUT2D eigenvalue weighted by atomic mass is 9.89. The molecule has 0 amide bonds. The van der Waals surface area contributed by atoms with E-state index in [0.29, 0.717) is 13.0 Å². The zero-order chi connectivity index (χ0) is 8.06. The standard InChI is InChI=1S/C7H12O4/c1-7(9)4(8)2-6-10-3-5(7)11-6/h4-6,8-9H,2-3H2,1H3/t4-,5-,6-,7-/m1/s1. The van der Waals surface area contributed by atoms with Gasteiger partial charge in [0, 0.05) is 6.42 Å². The Labute approximate surface area is 64.7 Å². The smallest absolute Gasteiger partial charge is 0.160 e. The third-order valence-corrected chi connectivity index (χ3v) is 2.49. The zero-order valence-corrected chi connectivity index (χ0v) is 6.36. The second kappa shape index (κ2) is 2.17. The van der Waals surface area contributed by atoms with Gasteiger partial charge in [0.1, 0.15) is 11.7 Å². The van der Waals surface area contributed by atoms with Gasteiger partial charge in [0.25, 0.3) is 0 Å². The summed E-state index contributed by atoms with van der Waals surface area (Å²) in [6.07, 6.45) is -1.04. The fourth-order valence-electron chi connectivity index (χ4n) is 1.52. The second-order valence-electron chi connectivity index (χ2n) is 3.36. The van der Waals surface area contributed by atoms with Crippen LogP contribution in [0.2, 0.25) is 0 Å². The number of fused-ring (bicyclic) bond motifs is 2. The molecule has 0 aromatic rings. The Morgan fingerprint density at radius 3 is 3.00 bits per heavy atom. The lowest BCUT2D eigenvalue weighted by Crippen LogP contribution is -2.54. The summed E-state index contributed by atoms with van der Waals surface area (Å²) in [4.78, 5) is 0. The normalized spacial score (nSPS) is 56.5. The Morgan fingerprint density at radius 1 is 1.55 bits per heavy atom. The summed E-state index contributed by atoms with van der Waals surface area (Å²) in [5.74, 6) is 0. The molecule has 2 rings (SSSR count). The number of aliphatic hydroxyl groups is 2. The molecular formula is C7H12O4. The van der Waals surface area contributed by atoms with Crippen LogP contribution in [0.3, 0.4) is 0 Å². The highest BCUT2D eigenvalue weighted by Gasteiger charge is 2.50. The Morgan fingerprint density at radius 2 is 2.27 bits per heavy atom. The van der Waals surface area contributed by atoms with E-state index in [4.69, 9.17) is 9.47 Å². The summed E-state index contributed by atoms with van der Waals surface area (Å²) in [5, 5.41) is 19.1. The van der Waals surface area contributed by atoms with Crippen molar-refractivity contribution in [1.82, 2.24) is 0 Å². The van der Waals surface area contributed by atoms with Crippen molar-refractivity contribution in [3.8, 4) is 0 Å². The average molecular weight is 160 g/mol. The third kappa shape index (κ3) is 0.980. The van der Waals surface area contributed by atoms with E-state index in [1.54, 1.807) is 6.92 Å². The maximum atomic E-state index is 9.67. The first-order chi connectivity index (χ1) is 5.10. The molecule has 0 aromatic heterocycles. The summed E-state index contributed by atoms with van der Waals surface area (Å²) in [6, 6.07) is 0. The first-order valence-electron chi connectivity index (χ1n) is 3.78. The van der Waals surface area contributed by atoms with E-state index in [2.05, 4.69) is 0 Å². The monoisotopic (exact) mass is 160 g/mol. The number of ether oxygens (including phenoxy) is 2. The number of hydrogen-bond acceptors (Lipinski definition) is 4. The maximum Gasteiger partial charge on any atom is 0.160 e. The fraction of sp³-hybridized carbons (Fsp3) is 1.00. The molecule has 2 saturated heterocycles. The molecule has 0 aromatic carbocycles. The molecule has 0 unspecified atom stereocenters. The molecule has 4 atom stereocenters. The zero-order valence-electron chi connectivity index (χ0n) is 6.36. The molecule has 2 heterocycles. The van der Waals surface area contributed by atoms with E-state index in [9.17, 15) is 10.2 Å². The lowest BCUT2D eigenvalue weighted by Gasteiger charge is -2.37. The van der Waals surface area contributed by atoms with Crippen LogP contribution < -0.4 is 0 Å². The van der Waals surface area contributed by atoms with Gasteiger partial charge in [0.05, 0.1) is 12.7 Å². The minimum atomic E-state index is -1.15. The Balaban J connectivity index is 2.20. The van der Waals surface area contributed by atoms with Gasteiger partial charge in [0.15, 0.2) is 6.29 Å². The Hall–Kier alpha value is -0.160. The molecule has 11 heavy (non-hydrogen) atoms. The van der Waals surface area contributed by atoms with Crippen LogP contribution in [0.15, 0.2) is 0 Å². The molecule has 0 spiro atoms. The van der Waals surface area contributed by atoms with Gasteiger partial charge in [-0.15, -0.1) is 0 Å². The fourth-order valence-corrected chi connectivity index (χ4v) is 1.52.